The van der Waals surface area contributed by atoms with Gasteiger partial charge < -0.3 is 13.8 Å². The first-order chi connectivity index (χ1) is 8.53. The summed E-state index contributed by atoms with van der Waals surface area (Å²) in [7, 11) is -0.630. The molecule has 0 fully saturated rings. The Balaban J connectivity index is 3.02. The molecule has 0 aliphatic heterocycles. The Labute approximate surface area is 108 Å². The lowest BCUT2D eigenvalue weighted by atomic mass is 10.2. The molecule has 0 spiro atoms. The molecule has 0 aliphatic rings. The lowest BCUT2D eigenvalue weighted by Gasteiger charge is -2.24. The lowest BCUT2D eigenvalue weighted by Crippen LogP contribution is -2.09. The molecular weight excluding hydrogens is 251 g/mol. The summed E-state index contributed by atoms with van der Waals surface area (Å²) in [5.41, 5.74) is 1.60. The maximum atomic E-state index is 12.5. The quantitative estimate of drug-likeness (QED) is 0.559. The summed E-state index contributed by atoms with van der Waals surface area (Å²) in [5.74, 6) is -0.745. The van der Waals surface area contributed by atoms with Crippen LogP contribution in [-0.4, -0.2) is 20.8 Å². The van der Waals surface area contributed by atoms with E-state index in [1.54, 1.807) is 0 Å². The highest BCUT2D eigenvalue weighted by molar-refractivity contribution is 7.54. The molecule has 4 nitrogen and oxygen atoms in total. The predicted molar refractivity (Wildman–Crippen MR) is 71.6 cm³/mol. The zero-order valence-corrected chi connectivity index (χ0v) is 11.9. The third-order valence-corrected chi connectivity index (χ3v) is 4.41. The van der Waals surface area contributed by atoms with Crippen LogP contribution in [0.15, 0.2) is 42.5 Å². The molecule has 5 heteroatoms. The molecule has 0 radical (unpaired) electrons. The summed E-state index contributed by atoms with van der Waals surface area (Å²) in [6.45, 7) is 5.90. The molecule has 1 aromatic rings. The van der Waals surface area contributed by atoms with Gasteiger partial charge in [-0.15, -0.1) is 0 Å². The fourth-order valence-corrected chi connectivity index (χ4v) is 2.80. The Kier molecular flexibility index (Phi) is 5.76. The molecule has 0 N–H and O–H groups in total. The van der Waals surface area contributed by atoms with Crippen LogP contribution in [0.5, 0.6) is 0 Å². The average Bonchev–Trinajstić information content (AvgIpc) is 2.39. The van der Waals surface area contributed by atoms with E-state index in [9.17, 15) is 4.57 Å². The Morgan fingerprint density at radius 2 is 1.83 bits per heavy atom. The second-order valence-electron chi connectivity index (χ2n) is 3.94. The zero-order valence-electron chi connectivity index (χ0n) is 11.0. The normalized spacial score (nSPS) is 13.3. The van der Waals surface area contributed by atoms with Gasteiger partial charge in [-0.05, 0) is 12.5 Å². The van der Waals surface area contributed by atoms with E-state index in [4.69, 9.17) is 13.8 Å². The first-order valence-corrected chi connectivity index (χ1v) is 7.17. The third kappa shape index (κ3) is 3.79. The average molecular weight is 270 g/mol. The van der Waals surface area contributed by atoms with Crippen molar-refractivity contribution in [2.75, 3.05) is 20.8 Å². The predicted octanol–water partition coefficient (Wildman–Crippen LogP) is 3.76. The SMILES string of the molecule is C=C(C)COC(c1ccccc1)P(=O)(OC)OC. The van der Waals surface area contributed by atoms with Crippen molar-refractivity contribution in [3.05, 3.63) is 48.0 Å². The van der Waals surface area contributed by atoms with E-state index in [2.05, 4.69) is 6.58 Å². The lowest BCUT2D eigenvalue weighted by molar-refractivity contribution is 0.0936. The van der Waals surface area contributed by atoms with Gasteiger partial charge in [0.2, 0.25) is 0 Å². The van der Waals surface area contributed by atoms with Crippen molar-refractivity contribution in [1.82, 2.24) is 0 Å². The Morgan fingerprint density at radius 1 is 1.28 bits per heavy atom. The standard InChI is InChI=1S/C13H19O4P/c1-11(2)10-17-13(18(14,15-3)16-4)12-8-6-5-7-9-12/h5-9,13H,1,10H2,2-4H3. The van der Waals surface area contributed by atoms with Gasteiger partial charge in [-0.2, -0.15) is 0 Å². The van der Waals surface area contributed by atoms with Gasteiger partial charge in [-0.3, -0.25) is 4.57 Å². The van der Waals surface area contributed by atoms with E-state index >= 15 is 0 Å². The molecule has 1 atom stereocenters. The largest absolute Gasteiger partial charge is 0.363 e. The van der Waals surface area contributed by atoms with E-state index in [0.717, 1.165) is 11.1 Å². The number of hydrogen-bond acceptors (Lipinski definition) is 4. The summed E-state index contributed by atoms with van der Waals surface area (Å²) >= 11 is 0. The van der Waals surface area contributed by atoms with Gasteiger partial charge in [0, 0.05) is 14.2 Å². The second kappa shape index (κ2) is 6.86. The van der Waals surface area contributed by atoms with Gasteiger partial charge in [-0.1, -0.05) is 42.5 Å². The third-order valence-electron chi connectivity index (χ3n) is 2.37. The zero-order chi connectivity index (χ0) is 13.6. The van der Waals surface area contributed by atoms with Gasteiger partial charge in [0.1, 0.15) is 0 Å². The van der Waals surface area contributed by atoms with Crippen LogP contribution in [0.2, 0.25) is 0 Å². The fraction of sp³-hybridized carbons (Fsp3) is 0.385. The summed E-state index contributed by atoms with van der Waals surface area (Å²) in [6.07, 6.45) is 0. The molecule has 100 valence electrons. The molecule has 0 amide bonds. The van der Waals surface area contributed by atoms with E-state index in [0.29, 0.717) is 6.61 Å². The molecule has 0 aliphatic carbocycles. The van der Waals surface area contributed by atoms with Crippen LogP contribution in [0.25, 0.3) is 0 Å². The molecule has 0 saturated heterocycles. The van der Waals surface area contributed by atoms with Crippen molar-refractivity contribution in [3.63, 3.8) is 0 Å². The topological polar surface area (TPSA) is 44.8 Å². The summed E-state index contributed by atoms with van der Waals surface area (Å²) < 4.78 is 28.1. The molecule has 0 aromatic heterocycles. The van der Waals surface area contributed by atoms with Crippen LogP contribution in [0, 0.1) is 0 Å². The first kappa shape index (κ1) is 15.1. The minimum absolute atomic E-state index is 0.302. The van der Waals surface area contributed by atoms with Crippen molar-refractivity contribution in [2.24, 2.45) is 0 Å². The van der Waals surface area contributed by atoms with Crippen LogP contribution >= 0.6 is 7.60 Å². The van der Waals surface area contributed by atoms with Crippen LogP contribution < -0.4 is 0 Å². The maximum Gasteiger partial charge on any atom is 0.363 e. The molecular formula is C13H19O4P. The van der Waals surface area contributed by atoms with Crippen molar-refractivity contribution in [1.29, 1.82) is 0 Å². The number of hydrogen-bond donors (Lipinski definition) is 0. The first-order valence-electron chi connectivity index (χ1n) is 5.55. The summed E-state index contributed by atoms with van der Waals surface area (Å²) in [6, 6.07) is 9.23. The van der Waals surface area contributed by atoms with E-state index < -0.39 is 13.4 Å². The highest BCUT2D eigenvalue weighted by Gasteiger charge is 2.36. The smallest absolute Gasteiger partial charge is 0.356 e. The Bertz CT molecular complexity index is 422. The van der Waals surface area contributed by atoms with Crippen molar-refractivity contribution >= 4 is 7.60 Å². The van der Waals surface area contributed by atoms with Crippen LogP contribution in [-0.2, 0) is 18.3 Å². The number of rotatable bonds is 7. The van der Waals surface area contributed by atoms with Gasteiger partial charge in [0.05, 0.1) is 6.61 Å². The molecule has 0 bridgehead atoms. The number of benzene rings is 1. The summed E-state index contributed by atoms with van der Waals surface area (Å²) in [5, 5.41) is 0. The molecule has 1 unspecified atom stereocenters. The van der Waals surface area contributed by atoms with Gasteiger partial charge in [-0.25, -0.2) is 0 Å². The molecule has 1 aromatic carbocycles. The highest BCUT2D eigenvalue weighted by atomic mass is 31.2. The van der Waals surface area contributed by atoms with Gasteiger partial charge >= 0.3 is 7.60 Å². The second-order valence-corrected chi connectivity index (χ2v) is 6.22. The van der Waals surface area contributed by atoms with Crippen LogP contribution in [0.4, 0.5) is 0 Å². The molecule has 0 heterocycles. The fourth-order valence-electron chi connectivity index (χ4n) is 1.47. The van der Waals surface area contributed by atoms with E-state index in [1.165, 1.54) is 14.2 Å². The Morgan fingerprint density at radius 3 is 2.28 bits per heavy atom. The Hall–Kier alpha value is -0.930. The van der Waals surface area contributed by atoms with Crippen LogP contribution in [0.3, 0.4) is 0 Å². The highest BCUT2D eigenvalue weighted by Crippen LogP contribution is 2.60. The van der Waals surface area contributed by atoms with Gasteiger partial charge in [0.25, 0.3) is 0 Å². The van der Waals surface area contributed by atoms with Crippen molar-refractivity contribution < 1.29 is 18.3 Å². The minimum atomic E-state index is -3.33. The van der Waals surface area contributed by atoms with Gasteiger partial charge in [0.15, 0.2) is 5.85 Å². The van der Waals surface area contributed by atoms with E-state index in [1.807, 2.05) is 37.3 Å². The molecule has 0 saturated carbocycles. The summed E-state index contributed by atoms with van der Waals surface area (Å²) in [4.78, 5) is 0. The molecule has 1 rings (SSSR count). The monoisotopic (exact) mass is 270 g/mol. The van der Waals surface area contributed by atoms with E-state index in [-0.39, 0.29) is 0 Å². The van der Waals surface area contributed by atoms with Crippen molar-refractivity contribution in [2.45, 2.75) is 12.8 Å². The number of ether oxygens (including phenoxy) is 1. The van der Waals surface area contributed by atoms with Crippen molar-refractivity contribution in [3.8, 4) is 0 Å². The van der Waals surface area contributed by atoms with Crippen LogP contribution in [0.1, 0.15) is 18.3 Å². The molecule has 18 heavy (non-hydrogen) atoms. The maximum absolute atomic E-state index is 12.5. The minimum Gasteiger partial charge on any atom is -0.356 e.